The van der Waals surface area contributed by atoms with E-state index < -0.39 is 0 Å². The van der Waals surface area contributed by atoms with Crippen LogP contribution in [0.15, 0.2) is 48.7 Å². The molecule has 4 rings (SSSR count). The zero-order valence-electron chi connectivity index (χ0n) is 17.3. The SMILES string of the molecule is CC(C)C[C@H](CC(=O)NC[C@@H]1COc2ccccc2O1)c1c[nH]c2ccc(Cl)cc12. The van der Waals surface area contributed by atoms with Crippen molar-refractivity contribution < 1.29 is 14.3 Å². The van der Waals surface area contributed by atoms with Crippen LogP contribution in [0.5, 0.6) is 11.5 Å². The normalized spacial score (nSPS) is 16.6. The number of ether oxygens (including phenoxy) is 2. The van der Waals surface area contributed by atoms with Crippen LogP contribution in [0.2, 0.25) is 5.02 Å². The van der Waals surface area contributed by atoms with Crippen LogP contribution in [0.4, 0.5) is 0 Å². The molecule has 158 valence electrons. The highest BCUT2D eigenvalue weighted by atomic mass is 35.5. The number of halogens is 1. The van der Waals surface area contributed by atoms with Crippen molar-refractivity contribution in [3.8, 4) is 11.5 Å². The van der Waals surface area contributed by atoms with Crippen LogP contribution in [0.1, 0.15) is 38.2 Å². The largest absolute Gasteiger partial charge is 0.486 e. The lowest BCUT2D eigenvalue weighted by molar-refractivity contribution is -0.122. The van der Waals surface area contributed by atoms with E-state index in [1.807, 2.05) is 48.7 Å². The third-order valence-corrected chi connectivity index (χ3v) is 5.63. The number of amides is 1. The summed E-state index contributed by atoms with van der Waals surface area (Å²) in [5.41, 5.74) is 2.18. The molecule has 2 atom stereocenters. The molecule has 2 heterocycles. The summed E-state index contributed by atoms with van der Waals surface area (Å²) in [6.07, 6.45) is 3.15. The van der Waals surface area contributed by atoms with E-state index in [1.165, 1.54) is 0 Å². The molecule has 1 amide bonds. The molecule has 0 fully saturated rings. The summed E-state index contributed by atoms with van der Waals surface area (Å²) in [5, 5.41) is 4.81. The molecule has 3 aromatic rings. The van der Waals surface area contributed by atoms with E-state index in [2.05, 4.69) is 24.1 Å². The Kier molecular flexibility index (Phi) is 6.18. The number of rotatable bonds is 7. The summed E-state index contributed by atoms with van der Waals surface area (Å²) >= 11 is 6.22. The molecule has 0 bridgehead atoms. The molecule has 0 radical (unpaired) electrons. The standard InChI is InChI=1S/C24H27ClN2O3/c1-15(2)9-16(20-13-26-21-8-7-17(25)11-19(20)21)10-24(28)27-12-18-14-29-22-5-3-4-6-23(22)30-18/h3-8,11,13,15-16,18,26H,9-10,12,14H2,1-2H3,(H,27,28)/t16-,18-/m1/s1. The van der Waals surface area contributed by atoms with Crippen LogP contribution in [0, 0.1) is 5.92 Å². The maximum Gasteiger partial charge on any atom is 0.220 e. The average molecular weight is 427 g/mol. The van der Waals surface area contributed by atoms with Crippen LogP contribution in [0.3, 0.4) is 0 Å². The van der Waals surface area contributed by atoms with Gasteiger partial charge in [0.1, 0.15) is 12.7 Å². The molecule has 1 aliphatic heterocycles. The molecular weight excluding hydrogens is 400 g/mol. The maximum absolute atomic E-state index is 12.8. The van der Waals surface area contributed by atoms with E-state index in [-0.39, 0.29) is 17.9 Å². The molecule has 0 aliphatic carbocycles. The van der Waals surface area contributed by atoms with Gasteiger partial charge in [-0.1, -0.05) is 37.6 Å². The number of aromatic amines is 1. The highest BCUT2D eigenvalue weighted by Crippen LogP contribution is 2.34. The molecular formula is C24H27ClN2O3. The highest BCUT2D eigenvalue weighted by molar-refractivity contribution is 6.31. The van der Waals surface area contributed by atoms with Crippen molar-refractivity contribution >= 4 is 28.4 Å². The van der Waals surface area contributed by atoms with Gasteiger partial charge < -0.3 is 19.8 Å². The van der Waals surface area contributed by atoms with E-state index >= 15 is 0 Å². The van der Waals surface area contributed by atoms with Crippen LogP contribution in [-0.2, 0) is 4.79 Å². The lowest BCUT2D eigenvalue weighted by Crippen LogP contribution is -2.41. The van der Waals surface area contributed by atoms with Gasteiger partial charge in [-0.3, -0.25) is 4.79 Å². The number of para-hydroxylation sites is 2. The summed E-state index contributed by atoms with van der Waals surface area (Å²) in [7, 11) is 0. The lowest BCUT2D eigenvalue weighted by Gasteiger charge is -2.27. The van der Waals surface area contributed by atoms with E-state index in [9.17, 15) is 4.79 Å². The minimum Gasteiger partial charge on any atom is -0.486 e. The van der Waals surface area contributed by atoms with Crippen LogP contribution < -0.4 is 14.8 Å². The second-order valence-electron chi connectivity index (χ2n) is 8.27. The second kappa shape index (κ2) is 9.00. The van der Waals surface area contributed by atoms with Gasteiger partial charge in [0.15, 0.2) is 11.5 Å². The minimum absolute atomic E-state index is 0.0134. The van der Waals surface area contributed by atoms with Gasteiger partial charge in [0.2, 0.25) is 5.91 Å². The van der Waals surface area contributed by atoms with E-state index in [0.717, 1.165) is 34.4 Å². The molecule has 2 aromatic carbocycles. The van der Waals surface area contributed by atoms with Crippen molar-refractivity contribution in [2.24, 2.45) is 5.92 Å². The first-order valence-corrected chi connectivity index (χ1v) is 10.8. The predicted octanol–water partition coefficient (Wildman–Crippen LogP) is 5.30. The molecule has 0 spiro atoms. The van der Waals surface area contributed by atoms with Crippen molar-refractivity contribution in [3.63, 3.8) is 0 Å². The first-order chi connectivity index (χ1) is 14.5. The number of benzene rings is 2. The molecule has 2 N–H and O–H groups in total. The van der Waals surface area contributed by atoms with Gasteiger partial charge in [-0.05, 0) is 54.2 Å². The number of hydrogen-bond donors (Lipinski definition) is 2. The third-order valence-electron chi connectivity index (χ3n) is 5.40. The summed E-state index contributed by atoms with van der Waals surface area (Å²) in [5.74, 6) is 2.06. The predicted molar refractivity (Wildman–Crippen MR) is 119 cm³/mol. The number of fused-ring (bicyclic) bond motifs is 2. The Labute approximate surface area is 181 Å². The Hall–Kier alpha value is -2.66. The van der Waals surface area contributed by atoms with E-state index in [1.54, 1.807) is 0 Å². The monoisotopic (exact) mass is 426 g/mol. The first-order valence-electron chi connectivity index (χ1n) is 10.4. The number of nitrogens with one attached hydrogen (secondary N) is 2. The fourth-order valence-corrected chi connectivity index (χ4v) is 4.20. The Bertz CT molecular complexity index is 1030. The molecule has 0 saturated heterocycles. The molecule has 1 aromatic heterocycles. The van der Waals surface area contributed by atoms with Crippen molar-refractivity contribution in [3.05, 3.63) is 59.2 Å². The quantitative estimate of drug-likeness (QED) is 0.539. The number of carbonyl (C=O) groups excluding carboxylic acids is 1. The van der Waals surface area contributed by atoms with Gasteiger partial charge in [0, 0.05) is 28.5 Å². The van der Waals surface area contributed by atoms with Gasteiger partial charge in [-0.2, -0.15) is 0 Å². The van der Waals surface area contributed by atoms with Crippen LogP contribution in [-0.4, -0.2) is 30.1 Å². The Balaban J connectivity index is 1.41. The average Bonchev–Trinajstić information content (AvgIpc) is 3.14. The Morgan fingerprint density at radius 3 is 2.83 bits per heavy atom. The molecule has 1 aliphatic rings. The zero-order valence-corrected chi connectivity index (χ0v) is 18.0. The van der Waals surface area contributed by atoms with Gasteiger partial charge >= 0.3 is 0 Å². The Morgan fingerprint density at radius 1 is 1.23 bits per heavy atom. The van der Waals surface area contributed by atoms with E-state index in [4.69, 9.17) is 21.1 Å². The van der Waals surface area contributed by atoms with Crippen molar-refractivity contribution in [1.82, 2.24) is 10.3 Å². The van der Waals surface area contributed by atoms with Crippen LogP contribution in [0.25, 0.3) is 10.9 Å². The number of H-pyrrole nitrogens is 1. The molecule has 5 nitrogen and oxygen atoms in total. The summed E-state index contributed by atoms with van der Waals surface area (Å²) < 4.78 is 11.7. The molecule has 0 unspecified atom stereocenters. The van der Waals surface area contributed by atoms with Gasteiger partial charge in [-0.15, -0.1) is 0 Å². The fraction of sp³-hybridized carbons (Fsp3) is 0.375. The first kappa shape index (κ1) is 20.6. The topological polar surface area (TPSA) is 63.4 Å². The van der Waals surface area contributed by atoms with Crippen LogP contribution >= 0.6 is 11.6 Å². The van der Waals surface area contributed by atoms with Crippen molar-refractivity contribution in [2.75, 3.05) is 13.2 Å². The number of hydrogen-bond acceptors (Lipinski definition) is 3. The third kappa shape index (κ3) is 4.73. The maximum atomic E-state index is 12.8. The van der Waals surface area contributed by atoms with Crippen molar-refractivity contribution in [2.45, 2.75) is 38.7 Å². The lowest BCUT2D eigenvalue weighted by atomic mass is 9.87. The summed E-state index contributed by atoms with van der Waals surface area (Å²) in [4.78, 5) is 16.1. The van der Waals surface area contributed by atoms with Gasteiger partial charge in [0.25, 0.3) is 0 Å². The summed E-state index contributed by atoms with van der Waals surface area (Å²) in [6, 6.07) is 13.4. The second-order valence-corrected chi connectivity index (χ2v) is 8.70. The number of carbonyl (C=O) groups is 1. The molecule has 30 heavy (non-hydrogen) atoms. The fourth-order valence-electron chi connectivity index (χ4n) is 4.03. The molecule has 0 saturated carbocycles. The Morgan fingerprint density at radius 2 is 2.03 bits per heavy atom. The smallest absolute Gasteiger partial charge is 0.220 e. The number of aromatic nitrogens is 1. The minimum atomic E-state index is -0.195. The van der Waals surface area contributed by atoms with Gasteiger partial charge in [-0.25, -0.2) is 0 Å². The summed E-state index contributed by atoms with van der Waals surface area (Å²) in [6.45, 7) is 5.20. The zero-order chi connectivity index (χ0) is 21.1. The van der Waals surface area contributed by atoms with Crippen molar-refractivity contribution in [1.29, 1.82) is 0 Å². The van der Waals surface area contributed by atoms with E-state index in [0.29, 0.717) is 30.5 Å². The van der Waals surface area contributed by atoms with Gasteiger partial charge in [0.05, 0.1) is 6.54 Å². The highest BCUT2D eigenvalue weighted by Gasteiger charge is 2.24. The molecule has 6 heteroatoms.